The third-order valence-corrected chi connectivity index (χ3v) is 8.35. The van der Waals surface area contributed by atoms with E-state index in [1.165, 1.54) is 10.8 Å². The number of hydrogen-bond acceptors (Lipinski definition) is 4. The monoisotopic (exact) mass is 552 g/mol. The van der Waals surface area contributed by atoms with Gasteiger partial charge in [-0.2, -0.15) is 5.11 Å². The number of furan rings is 1. The third kappa shape index (κ3) is 3.75. The lowest BCUT2D eigenvalue weighted by molar-refractivity contribution is 0.670. The SMILES string of the molecule is c1ccc(C2N=NC(c3cccc(-n4c5ccccc5c5cc(-c6cccc7c6oc6ccccc67)ccc54)c3)=N2)cc1. The number of benzene rings is 6. The molecule has 0 amide bonds. The molecule has 1 unspecified atom stereocenters. The summed E-state index contributed by atoms with van der Waals surface area (Å²) in [5.74, 6) is 0.651. The molecular formula is C38H24N4O. The van der Waals surface area contributed by atoms with Crippen molar-refractivity contribution in [1.29, 1.82) is 0 Å². The highest BCUT2D eigenvalue weighted by atomic mass is 16.3. The summed E-state index contributed by atoms with van der Waals surface area (Å²) in [7, 11) is 0. The van der Waals surface area contributed by atoms with Crippen molar-refractivity contribution in [2.75, 3.05) is 0 Å². The minimum atomic E-state index is -0.303. The molecule has 1 atom stereocenters. The van der Waals surface area contributed by atoms with Gasteiger partial charge in [0.15, 0.2) is 12.0 Å². The van der Waals surface area contributed by atoms with Crippen LogP contribution in [-0.2, 0) is 0 Å². The van der Waals surface area contributed by atoms with Crippen molar-refractivity contribution in [1.82, 2.24) is 4.57 Å². The molecule has 0 bridgehead atoms. The Kier molecular flexibility index (Phi) is 5.19. The summed E-state index contributed by atoms with van der Waals surface area (Å²) >= 11 is 0. The topological polar surface area (TPSA) is 55.1 Å². The predicted octanol–water partition coefficient (Wildman–Crippen LogP) is 10.3. The van der Waals surface area contributed by atoms with Crippen LogP contribution in [0.25, 0.3) is 60.6 Å². The fourth-order valence-electron chi connectivity index (χ4n) is 6.35. The zero-order valence-corrected chi connectivity index (χ0v) is 23.1. The molecule has 0 radical (unpaired) electrons. The Hall–Kier alpha value is -5.81. The Bertz CT molecular complexity index is 2410. The second-order valence-corrected chi connectivity index (χ2v) is 10.9. The standard InChI is InChI=1S/C38H24N4O/c1-2-10-24(11-3-1)37-39-38(41-40-37)26-12-8-13-27(22-26)42-33-18-6-4-14-29(33)32-23-25(20-21-34(32)42)28-16-9-17-31-30-15-5-7-19-35(30)43-36(28)31/h1-23,37H. The summed E-state index contributed by atoms with van der Waals surface area (Å²) in [6, 6.07) is 48.4. The number of para-hydroxylation sites is 3. The molecule has 5 nitrogen and oxygen atoms in total. The van der Waals surface area contributed by atoms with Crippen molar-refractivity contribution in [3.8, 4) is 16.8 Å². The summed E-state index contributed by atoms with van der Waals surface area (Å²) in [5.41, 5.74) is 9.35. The summed E-state index contributed by atoms with van der Waals surface area (Å²) in [4.78, 5) is 4.83. The van der Waals surface area contributed by atoms with E-state index in [9.17, 15) is 0 Å². The molecule has 5 heteroatoms. The molecule has 0 saturated carbocycles. The van der Waals surface area contributed by atoms with Crippen LogP contribution >= 0.6 is 0 Å². The van der Waals surface area contributed by atoms with Crippen LogP contribution in [0.2, 0.25) is 0 Å². The van der Waals surface area contributed by atoms with Gasteiger partial charge in [0.2, 0.25) is 0 Å². The van der Waals surface area contributed by atoms with Crippen LogP contribution in [0.5, 0.6) is 0 Å². The molecule has 9 rings (SSSR count). The minimum Gasteiger partial charge on any atom is -0.455 e. The maximum absolute atomic E-state index is 6.38. The highest BCUT2D eigenvalue weighted by Gasteiger charge is 2.19. The van der Waals surface area contributed by atoms with Gasteiger partial charge in [0.25, 0.3) is 0 Å². The van der Waals surface area contributed by atoms with Gasteiger partial charge in [-0.05, 0) is 42.0 Å². The van der Waals surface area contributed by atoms with E-state index in [-0.39, 0.29) is 6.17 Å². The average molecular weight is 553 g/mol. The van der Waals surface area contributed by atoms with Crippen LogP contribution in [0, 0.1) is 0 Å². The molecule has 202 valence electrons. The zero-order chi connectivity index (χ0) is 28.3. The van der Waals surface area contributed by atoms with Crippen molar-refractivity contribution in [3.63, 3.8) is 0 Å². The van der Waals surface area contributed by atoms with Crippen molar-refractivity contribution in [2.24, 2.45) is 15.2 Å². The lowest BCUT2D eigenvalue weighted by Gasteiger charge is -2.10. The second-order valence-electron chi connectivity index (χ2n) is 10.9. The second kappa shape index (κ2) is 9.36. The van der Waals surface area contributed by atoms with E-state index >= 15 is 0 Å². The van der Waals surface area contributed by atoms with Gasteiger partial charge in [-0.1, -0.05) is 103 Å². The normalized spacial score (nSPS) is 14.8. The largest absolute Gasteiger partial charge is 0.455 e. The molecule has 0 saturated heterocycles. The van der Waals surface area contributed by atoms with Gasteiger partial charge in [-0.3, -0.25) is 0 Å². The molecule has 0 fully saturated rings. The summed E-state index contributed by atoms with van der Waals surface area (Å²) < 4.78 is 8.70. The first-order valence-electron chi connectivity index (χ1n) is 14.4. The first kappa shape index (κ1) is 23.9. The summed E-state index contributed by atoms with van der Waals surface area (Å²) in [6.45, 7) is 0. The number of amidine groups is 1. The van der Waals surface area contributed by atoms with E-state index < -0.39 is 0 Å². The van der Waals surface area contributed by atoms with Crippen LogP contribution in [0.3, 0.4) is 0 Å². The molecule has 6 aromatic carbocycles. The van der Waals surface area contributed by atoms with Gasteiger partial charge in [0.05, 0.1) is 11.0 Å². The van der Waals surface area contributed by atoms with Crippen LogP contribution < -0.4 is 0 Å². The van der Waals surface area contributed by atoms with Crippen LogP contribution in [0.15, 0.2) is 159 Å². The number of aromatic nitrogens is 1. The Morgan fingerprint density at radius 1 is 0.558 bits per heavy atom. The van der Waals surface area contributed by atoms with Crippen LogP contribution in [0.1, 0.15) is 17.3 Å². The number of fused-ring (bicyclic) bond motifs is 6. The number of rotatable bonds is 4. The molecule has 43 heavy (non-hydrogen) atoms. The van der Waals surface area contributed by atoms with Gasteiger partial charge in [0, 0.05) is 43.9 Å². The fourth-order valence-corrected chi connectivity index (χ4v) is 6.35. The highest BCUT2D eigenvalue weighted by molar-refractivity contribution is 6.13. The van der Waals surface area contributed by atoms with Crippen molar-refractivity contribution >= 4 is 49.6 Å². The van der Waals surface area contributed by atoms with Gasteiger partial charge in [-0.15, -0.1) is 5.11 Å². The Balaban J connectivity index is 1.19. The van der Waals surface area contributed by atoms with E-state index in [0.29, 0.717) is 5.84 Å². The number of hydrogen-bond donors (Lipinski definition) is 0. The smallest absolute Gasteiger partial charge is 0.188 e. The van der Waals surface area contributed by atoms with Crippen LogP contribution in [-0.4, -0.2) is 10.4 Å². The molecule has 3 heterocycles. The molecule has 2 aromatic heterocycles. The third-order valence-electron chi connectivity index (χ3n) is 8.35. The molecule has 0 N–H and O–H groups in total. The minimum absolute atomic E-state index is 0.303. The van der Waals surface area contributed by atoms with E-state index in [2.05, 4.69) is 112 Å². The van der Waals surface area contributed by atoms with Crippen molar-refractivity contribution < 1.29 is 4.42 Å². The summed E-state index contributed by atoms with van der Waals surface area (Å²) in [6.07, 6.45) is -0.303. The lowest BCUT2D eigenvalue weighted by Crippen LogP contribution is -1.99. The molecule has 1 aliphatic rings. The first-order valence-corrected chi connectivity index (χ1v) is 14.4. The first-order chi connectivity index (χ1) is 21.3. The Morgan fingerprint density at radius 2 is 1.33 bits per heavy atom. The molecule has 1 aliphatic heterocycles. The quantitative estimate of drug-likeness (QED) is 0.214. The maximum Gasteiger partial charge on any atom is 0.188 e. The zero-order valence-electron chi connectivity index (χ0n) is 23.1. The number of azo groups is 1. The van der Waals surface area contributed by atoms with E-state index in [0.717, 1.165) is 60.9 Å². The van der Waals surface area contributed by atoms with Gasteiger partial charge in [0.1, 0.15) is 11.2 Å². The van der Waals surface area contributed by atoms with Gasteiger partial charge < -0.3 is 8.98 Å². The predicted molar refractivity (Wildman–Crippen MR) is 174 cm³/mol. The Labute approximate surface area is 247 Å². The fraction of sp³-hybridized carbons (Fsp3) is 0.0263. The number of nitrogens with zero attached hydrogens (tertiary/aromatic N) is 4. The molecule has 8 aromatic rings. The van der Waals surface area contributed by atoms with Crippen molar-refractivity contribution in [2.45, 2.75) is 6.17 Å². The Morgan fingerprint density at radius 3 is 2.26 bits per heavy atom. The van der Waals surface area contributed by atoms with Gasteiger partial charge in [-0.25, -0.2) is 4.99 Å². The van der Waals surface area contributed by atoms with E-state index in [4.69, 9.17) is 9.41 Å². The average Bonchev–Trinajstić information content (AvgIpc) is 3.79. The highest BCUT2D eigenvalue weighted by Crippen LogP contribution is 2.39. The summed E-state index contributed by atoms with van der Waals surface area (Å²) in [5, 5.41) is 13.5. The van der Waals surface area contributed by atoms with E-state index in [1.54, 1.807) is 0 Å². The molecule has 0 aliphatic carbocycles. The van der Waals surface area contributed by atoms with Crippen molar-refractivity contribution in [3.05, 3.63) is 151 Å². The number of aliphatic imine (C=N–C) groups is 1. The van der Waals surface area contributed by atoms with Gasteiger partial charge >= 0.3 is 0 Å². The van der Waals surface area contributed by atoms with Crippen LogP contribution in [0.4, 0.5) is 0 Å². The maximum atomic E-state index is 6.38. The lowest BCUT2D eigenvalue weighted by atomic mass is 10.0. The molecular weight excluding hydrogens is 528 g/mol. The molecule has 0 spiro atoms. The van der Waals surface area contributed by atoms with E-state index in [1.807, 2.05) is 42.5 Å².